The van der Waals surface area contributed by atoms with Crippen LogP contribution in [-0.4, -0.2) is 25.3 Å². The maximum absolute atomic E-state index is 13.4. The average Bonchev–Trinajstić information content (AvgIpc) is 3.00. The molecule has 0 fully saturated rings. The summed E-state index contributed by atoms with van der Waals surface area (Å²) < 4.78 is 41.3. The van der Waals surface area contributed by atoms with E-state index >= 15 is 0 Å². The quantitative estimate of drug-likeness (QED) is 0.693. The first-order valence-electron chi connectivity index (χ1n) is 8.49. The number of rotatable bonds is 7. The van der Waals surface area contributed by atoms with E-state index in [1.807, 2.05) is 0 Å². The van der Waals surface area contributed by atoms with Crippen molar-refractivity contribution in [1.82, 2.24) is 4.72 Å². The van der Waals surface area contributed by atoms with Crippen LogP contribution in [0.25, 0.3) is 6.08 Å². The molecule has 1 aliphatic rings. The van der Waals surface area contributed by atoms with Gasteiger partial charge in [0.25, 0.3) is 0 Å². The van der Waals surface area contributed by atoms with Crippen LogP contribution in [0.4, 0.5) is 4.39 Å². The number of fused-ring (bicyclic) bond motifs is 1. The zero-order chi connectivity index (χ0) is 20.5. The van der Waals surface area contributed by atoms with Crippen LogP contribution in [0.15, 0.2) is 47.4 Å². The number of aryl methyl sites for hydroxylation is 1. The molecule has 0 heterocycles. The summed E-state index contributed by atoms with van der Waals surface area (Å²) >= 11 is 0. The molecule has 28 heavy (non-hydrogen) atoms. The van der Waals surface area contributed by atoms with Crippen LogP contribution in [0.1, 0.15) is 34.7 Å². The van der Waals surface area contributed by atoms with E-state index in [0.717, 1.165) is 6.07 Å². The summed E-state index contributed by atoms with van der Waals surface area (Å²) in [5, 5.41) is 8.73. The molecule has 0 amide bonds. The number of carboxylic acid groups (broad SMARTS) is 1. The maximum Gasteiger partial charge on any atom is 0.310 e. The van der Waals surface area contributed by atoms with Gasteiger partial charge in [0.05, 0.1) is 10.9 Å². The first-order valence-corrected chi connectivity index (χ1v) is 9.97. The Morgan fingerprint density at radius 1 is 1.21 bits per heavy atom. The summed E-state index contributed by atoms with van der Waals surface area (Å²) in [5.74, 6) is -2.10. The first kappa shape index (κ1) is 19.9. The third-order valence-electron chi connectivity index (χ3n) is 4.48. The third kappa shape index (κ3) is 4.18. The fourth-order valence-corrected chi connectivity index (χ4v) is 4.38. The van der Waals surface area contributed by atoms with Crippen LogP contribution in [0.2, 0.25) is 0 Å². The second-order valence-corrected chi connectivity index (χ2v) is 8.29. The van der Waals surface area contributed by atoms with E-state index in [-0.39, 0.29) is 16.9 Å². The van der Waals surface area contributed by atoms with Gasteiger partial charge in [-0.05, 0) is 47.4 Å². The van der Waals surface area contributed by atoms with Gasteiger partial charge in [0.15, 0.2) is 0 Å². The van der Waals surface area contributed by atoms with Gasteiger partial charge >= 0.3 is 5.97 Å². The van der Waals surface area contributed by atoms with E-state index in [2.05, 4.69) is 4.72 Å². The van der Waals surface area contributed by atoms with Crippen molar-refractivity contribution >= 4 is 27.9 Å². The van der Waals surface area contributed by atoms with Gasteiger partial charge in [-0.25, -0.2) is 12.8 Å². The Labute approximate surface area is 161 Å². The topological polar surface area (TPSA) is 101 Å². The molecule has 3 rings (SSSR count). The van der Waals surface area contributed by atoms with Crippen molar-refractivity contribution in [2.24, 2.45) is 0 Å². The molecule has 1 unspecified atom stereocenters. The minimum atomic E-state index is -3.89. The zero-order valence-corrected chi connectivity index (χ0v) is 15.8. The normalized spacial score (nSPS) is 15.4. The summed E-state index contributed by atoms with van der Waals surface area (Å²) in [6.45, 7) is 1.49. The molecule has 2 aromatic rings. The zero-order valence-electron chi connectivity index (χ0n) is 15.0. The standard InChI is InChI=1S/C20H18FNO5S/c1-12-9-15(5-7-18(12)21)28(26,27)22-19-8-6-16-13(3-2-4-17(16)19)10-14(23)11-20(24)25/h2-9,19,22H,10-11H2,1H3,(H,24,25). The van der Waals surface area contributed by atoms with Gasteiger partial charge in [0.2, 0.25) is 10.0 Å². The minimum absolute atomic E-state index is 0.0407. The molecular weight excluding hydrogens is 385 g/mol. The molecule has 0 aliphatic heterocycles. The smallest absolute Gasteiger partial charge is 0.310 e. The van der Waals surface area contributed by atoms with E-state index in [0.29, 0.717) is 16.7 Å². The number of hydrogen-bond acceptors (Lipinski definition) is 4. The number of Topliss-reactive ketones (excluding diaryl/α,β-unsaturated/α-hetero) is 1. The SMILES string of the molecule is Cc1cc(S(=O)(=O)NC2C=Cc3c(CC(=O)CC(=O)O)cccc32)ccc1F. The van der Waals surface area contributed by atoms with Gasteiger partial charge in [0, 0.05) is 6.42 Å². The van der Waals surface area contributed by atoms with E-state index < -0.39 is 40.1 Å². The summed E-state index contributed by atoms with van der Waals surface area (Å²) in [5.41, 5.74) is 2.23. The van der Waals surface area contributed by atoms with E-state index in [9.17, 15) is 22.4 Å². The Morgan fingerprint density at radius 3 is 2.64 bits per heavy atom. The molecule has 0 aromatic heterocycles. The third-order valence-corrected chi connectivity index (χ3v) is 5.92. The molecule has 0 saturated heterocycles. The molecule has 0 spiro atoms. The van der Waals surface area contributed by atoms with E-state index in [4.69, 9.17) is 5.11 Å². The van der Waals surface area contributed by atoms with Crippen LogP contribution < -0.4 is 4.72 Å². The number of carboxylic acids is 1. The lowest BCUT2D eigenvalue weighted by molar-refractivity contribution is -0.140. The second kappa shape index (κ2) is 7.65. The molecule has 2 aromatic carbocycles. The highest BCUT2D eigenvalue weighted by molar-refractivity contribution is 7.89. The Morgan fingerprint density at radius 2 is 1.96 bits per heavy atom. The highest BCUT2D eigenvalue weighted by Crippen LogP contribution is 2.32. The summed E-state index contributed by atoms with van der Waals surface area (Å²) in [6, 6.07) is 8.07. The fraction of sp³-hybridized carbons (Fsp3) is 0.200. The van der Waals surface area contributed by atoms with Crippen molar-refractivity contribution in [3.63, 3.8) is 0 Å². The highest BCUT2D eigenvalue weighted by Gasteiger charge is 2.26. The maximum atomic E-state index is 13.4. The molecule has 1 aliphatic carbocycles. The molecular formula is C20H18FNO5S. The summed E-state index contributed by atoms with van der Waals surface area (Å²) in [4.78, 5) is 22.5. The number of sulfonamides is 1. The largest absolute Gasteiger partial charge is 0.481 e. The van der Waals surface area contributed by atoms with Crippen LogP contribution >= 0.6 is 0 Å². The average molecular weight is 403 g/mol. The van der Waals surface area contributed by atoms with Crippen molar-refractivity contribution in [3.05, 3.63) is 70.5 Å². The number of benzene rings is 2. The molecule has 0 bridgehead atoms. The molecule has 2 N–H and O–H groups in total. The van der Waals surface area contributed by atoms with Crippen molar-refractivity contribution in [2.45, 2.75) is 30.7 Å². The Bertz CT molecular complexity index is 1090. The van der Waals surface area contributed by atoms with Gasteiger partial charge in [-0.15, -0.1) is 0 Å². The first-order chi connectivity index (χ1) is 13.2. The fourth-order valence-electron chi connectivity index (χ4n) is 3.12. The van der Waals surface area contributed by atoms with Crippen LogP contribution in [0.5, 0.6) is 0 Å². The van der Waals surface area contributed by atoms with Crippen molar-refractivity contribution in [2.75, 3.05) is 0 Å². The van der Waals surface area contributed by atoms with E-state index in [1.54, 1.807) is 30.4 Å². The Kier molecular flexibility index (Phi) is 5.44. The summed E-state index contributed by atoms with van der Waals surface area (Å²) in [6.07, 6.45) is 2.76. The lowest BCUT2D eigenvalue weighted by atomic mass is 9.97. The molecule has 0 radical (unpaired) electrons. The van der Waals surface area contributed by atoms with Crippen molar-refractivity contribution in [1.29, 1.82) is 0 Å². The molecule has 6 nitrogen and oxygen atoms in total. The van der Waals surface area contributed by atoms with Crippen LogP contribution in [0, 0.1) is 12.7 Å². The number of carbonyl (C=O) groups is 2. The lowest BCUT2D eigenvalue weighted by Gasteiger charge is -2.15. The number of carbonyl (C=O) groups excluding carboxylic acids is 1. The Hall–Kier alpha value is -2.84. The summed E-state index contributed by atoms with van der Waals surface area (Å²) in [7, 11) is -3.89. The molecule has 1 atom stereocenters. The second-order valence-electron chi connectivity index (χ2n) is 6.58. The van der Waals surface area contributed by atoms with Gasteiger partial charge in [-0.2, -0.15) is 4.72 Å². The Balaban J connectivity index is 1.84. The van der Waals surface area contributed by atoms with Gasteiger partial charge < -0.3 is 5.11 Å². The van der Waals surface area contributed by atoms with Crippen LogP contribution in [-0.2, 0) is 26.0 Å². The monoisotopic (exact) mass is 403 g/mol. The van der Waals surface area contributed by atoms with Crippen molar-refractivity contribution < 1.29 is 27.5 Å². The number of halogens is 1. The molecule has 8 heteroatoms. The lowest BCUT2D eigenvalue weighted by Crippen LogP contribution is -2.27. The predicted octanol–water partition coefficient (Wildman–Crippen LogP) is 2.77. The molecule has 0 saturated carbocycles. The predicted molar refractivity (Wildman–Crippen MR) is 101 cm³/mol. The van der Waals surface area contributed by atoms with Gasteiger partial charge in [0.1, 0.15) is 18.0 Å². The molecule has 146 valence electrons. The van der Waals surface area contributed by atoms with Crippen LogP contribution in [0.3, 0.4) is 0 Å². The van der Waals surface area contributed by atoms with Gasteiger partial charge in [-0.1, -0.05) is 30.4 Å². The minimum Gasteiger partial charge on any atom is -0.481 e. The van der Waals surface area contributed by atoms with E-state index in [1.165, 1.54) is 19.1 Å². The number of hydrogen-bond donors (Lipinski definition) is 2. The number of nitrogens with one attached hydrogen (secondary N) is 1. The number of aliphatic carboxylic acids is 1. The highest BCUT2D eigenvalue weighted by atomic mass is 32.2. The van der Waals surface area contributed by atoms with Crippen molar-refractivity contribution in [3.8, 4) is 0 Å². The number of ketones is 1. The van der Waals surface area contributed by atoms with Gasteiger partial charge in [-0.3, -0.25) is 9.59 Å².